The van der Waals surface area contributed by atoms with Gasteiger partial charge in [0, 0.05) is 17.7 Å². The summed E-state index contributed by atoms with van der Waals surface area (Å²) in [4.78, 5) is 30.7. The topological polar surface area (TPSA) is 130 Å². The van der Waals surface area contributed by atoms with Crippen LogP contribution in [0.3, 0.4) is 0 Å². The Hall–Kier alpha value is -4.21. The maximum atomic E-state index is 12.9. The molecule has 5 rings (SSSR count). The van der Waals surface area contributed by atoms with Crippen molar-refractivity contribution in [2.45, 2.75) is 25.3 Å². The van der Waals surface area contributed by atoms with Crippen molar-refractivity contribution < 1.29 is 13.9 Å². The van der Waals surface area contributed by atoms with Gasteiger partial charge in [-0.25, -0.2) is 14.9 Å². The summed E-state index contributed by atoms with van der Waals surface area (Å²) in [7, 11) is 0. The highest BCUT2D eigenvalue weighted by atomic mass is 16.5. The average molecular weight is 446 g/mol. The zero-order valence-corrected chi connectivity index (χ0v) is 17.7. The van der Waals surface area contributed by atoms with Crippen LogP contribution < -0.4 is 10.5 Å². The summed E-state index contributed by atoms with van der Waals surface area (Å²) in [6.45, 7) is 0.615. The van der Waals surface area contributed by atoms with E-state index in [0.717, 1.165) is 24.8 Å². The van der Waals surface area contributed by atoms with Gasteiger partial charge in [-0.05, 0) is 43.5 Å². The number of piperidine rings is 1. The number of likely N-dealkylation sites (tertiary alicyclic amines) is 1. The molecule has 2 N–H and O–H groups in total. The predicted octanol–water partition coefficient (Wildman–Crippen LogP) is 2.95. The van der Waals surface area contributed by atoms with E-state index < -0.39 is 5.76 Å². The first-order chi connectivity index (χ1) is 16.2. The third kappa shape index (κ3) is 4.54. The fraction of sp³-hybridized carbons (Fsp3) is 0.261. The molecule has 1 aliphatic heterocycles. The van der Waals surface area contributed by atoms with Crippen LogP contribution in [-0.4, -0.2) is 49.3 Å². The van der Waals surface area contributed by atoms with Gasteiger partial charge < -0.3 is 14.1 Å². The van der Waals surface area contributed by atoms with E-state index >= 15 is 0 Å². The van der Waals surface area contributed by atoms with Gasteiger partial charge in [-0.1, -0.05) is 30.3 Å². The number of hydrogen-bond acceptors (Lipinski definition) is 7. The van der Waals surface area contributed by atoms with Gasteiger partial charge in [0.1, 0.15) is 11.6 Å². The normalized spacial score (nSPS) is 16.0. The molecule has 0 unspecified atom stereocenters. The van der Waals surface area contributed by atoms with Crippen LogP contribution in [0.15, 0.2) is 63.8 Å². The molecule has 0 bridgehead atoms. The second-order valence-corrected chi connectivity index (χ2v) is 7.74. The number of aromatic amines is 2. The number of carbonyl (C=O) groups is 1. The zero-order chi connectivity index (χ0) is 22.6. The maximum absolute atomic E-state index is 12.9. The van der Waals surface area contributed by atoms with Crippen molar-refractivity contribution >= 4 is 5.91 Å². The molecular weight excluding hydrogens is 424 g/mol. The van der Waals surface area contributed by atoms with Crippen LogP contribution in [0.5, 0.6) is 5.75 Å². The van der Waals surface area contributed by atoms with E-state index in [4.69, 9.17) is 9.15 Å². The van der Waals surface area contributed by atoms with E-state index in [2.05, 4.69) is 25.4 Å². The number of amides is 1. The molecule has 1 saturated heterocycles. The molecule has 2 aromatic carbocycles. The van der Waals surface area contributed by atoms with Crippen LogP contribution in [0.1, 0.15) is 31.1 Å². The molecule has 2 aromatic heterocycles. The van der Waals surface area contributed by atoms with Crippen molar-refractivity contribution in [3.63, 3.8) is 0 Å². The van der Waals surface area contributed by atoms with E-state index in [1.165, 1.54) is 0 Å². The monoisotopic (exact) mass is 446 g/mol. The van der Waals surface area contributed by atoms with Gasteiger partial charge >= 0.3 is 5.76 Å². The minimum atomic E-state index is -0.617. The number of carbonyl (C=O) groups excluding carboxylic acids is 1. The Bertz CT molecular complexity index is 1300. The van der Waals surface area contributed by atoms with Crippen LogP contribution in [0.25, 0.3) is 22.8 Å². The van der Waals surface area contributed by atoms with E-state index in [-0.39, 0.29) is 24.4 Å². The molecule has 1 amide bonds. The standard InChI is InChI=1S/C23H22N6O4/c30-19(14-32-17-9-2-1-3-10-17)29-12-5-4-11-18(29)21-24-20(25-26-21)15-7-6-8-16(13-15)22-27-28-23(31)33-22/h1-3,6-10,13,18H,4-5,11-12,14H2,(H,28,31)(H,24,25,26)/t18-/m1/s1. The lowest BCUT2D eigenvalue weighted by Crippen LogP contribution is -2.41. The molecule has 10 nitrogen and oxygen atoms in total. The minimum Gasteiger partial charge on any atom is -0.484 e. The number of benzene rings is 2. The molecule has 1 atom stereocenters. The molecule has 0 aliphatic carbocycles. The first kappa shape index (κ1) is 20.7. The largest absolute Gasteiger partial charge is 0.484 e. The lowest BCUT2D eigenvalue weighted by atomic mass is 10.0. The molecule has 4 aromatic rings. The molecule has 33 heavy (non-hydrogen) atoms. The van der Waals surface area contributed by atoms with Crippen LogP contribution >= 0.6 is 0 Å². The molecule has 3 heterocycles. The van der Waals surface area contributed by atoms with Crippen LogP contribution in [0, 0.1) is 0 Å². The Balaban J connectivity index is 1.33. The Labute approximate surface area is 188 Å². The third-order valence-corrected chi connectivity index (χ3v) is 5.55. The highest BCUT2D eigenvalue weighted by molar-refractivity contribution is 5.78. The molecule has 1 aliphatic rings. The predicted molar refractivity (Wildman–Crippen MR) is 118 cm³/mol. The molecule has 0 radical (unpaired) electrons. The number of hydrogen-bond donors (Lipinski definition) is 2. The van der Waals surface area contributed by atoms with E-state index in [1.54, 1.807) is 12.1 Å². The third-order valence-electron chi connectivity index (χ3n) is 5.55. The summed E-state index contributed by atoms with van der Waals surface area (Å²) in [5, 5.41) is 13.5. The Kier molecular flexibility index (Phi) is 5.71. The van der Waals surface area contributed by atoms with Gasteiger partial charge in [0.05, 0.1) is 6.04 Å². The van der Waals surface area contributed by atoms with Gasteiger partial charge in [-0.2, -0.15) is 5.10 Å². The number of nitrogens with zero attached hydrogens (tertiary/aromatic N) is 4. The fourth-order valence-corrected chi connectivity index (χ4v) is 3.96. The van der Waals surface area contributed by atoms with Crippen LogP contribution in [0.2, 0.25) is 0 Å². The number of ether oxygens (including phenoxy) is 1. The first-order valence-corrected chi connectivity index (χ1v) is 10.7. The van der Waals surface area contributed by atoms with E-state index in [9.17, 15) is 9.59 Å². The van der Waals surface area contributed by atoms with Crippen molar-refractivity contribution in [3.8, 4) is 28.6 Å². The zero-order valence-electron chi connectivity index (χ0n) is 17.7. The van der Waals surface area contributed by atoms with E-state index in [0.29, 0.717) is 29.5 Å². The van der Waals surface area contributed by atoms with E-state index in [1.807, 2.05) is 47.4 Å². The quantitative estimate of drug-likeness (QED) is 0.466. The average Bonchev–Trinajstić information content (AvgIpc) is 3.53. The number of H-pyrrole nitrogens is 2. The lowest BCUT2D eigenvalue weighted by Gasteiger charge is -2.34. The van der Waals surface area contributed by atoms with Crippen LogP contribution in [0.4, 0.5) is 0 Å². The van der Waals surface area contributed by atoms with Gasteiger partial charge in [0.25, 0.3) is 5.91 Å². The van der Waals surface area contributed by atoms with Crippen molar-refractivity contribution in [2.75, 3.05) is 13.2 Å². The Morgan fingerprint density at radius 3 is 2.73 bits per heavy atom. The molecule has 168 valence electrons. The summed E-state index contributed by atoms with van der Waals surface area (Å²) in [5.74, 6) is 1.28. The first-order valence-electron chi connectivity index (χ1n) is 10.7. The lowest BCUT2D eigenvalue weighted by molar-refractivity contribution is -0.137. The number of para-hydroxylation sites is 1. The van der Waals surface area contributed by atoms with Crippen molar-refractivity contribution in [1.82, 2.24) is 30.3 Å². The van der Waals surface area contributed by atoms with Crippen molar-refractivity contribution in [3.05, 3.63) is 71.0 Å². The summed E-state index contributed by atoms with van der Waals surface area (Å²) < 4.78 is 10.7. The van der Waals surface area contributed by atoms with Gasteiger partial charge in [-0.15, -0.1) is 5.10 Å². The minimum absolute atomic E-state index is 0.0293. The van der Waals surface area contributed by atoms with Gasteiger partial charge in [0.2, 0.25) is 5.89 Å². The summed E-state index contributed by atoms with van der Waals surface area (Å²) in [6, 6.07) is 16.3. The summed E-state index contributed by atoms with van der Waals surface area (Å²) >= 11 is 0. The molecule has 0 saturated carbocycles. The second-order valence-electron chi connectivity index (χ2n) is 7.74. The Morgan fingerprint density at radius 1 is 1.06 bits per heavy atom. The smallest absolute Gasteiger partial charge is 0.434 e. The van der Waals surface area contributed by atoms with Gasteiger partial charge in [0.15, 0.2) is 12.4 Å². The summed E-state index contributed by atoms with van der Waals surface area (Å²) in [5.41, 5.74) is 1.37. The summed E-state index contributed by atoms with van der Waals surface area (Å²) in [6.07, 6.45) is 2.73. The maximum Gasteiger partial charge on any atom is 0.434 e. The fourth-order valence-electron chi connectivity index (χ4n) is 3.96. The molecular formula is C23H22N6O4. The SMILES string of the molecule is O=C(COc1ccccc1)N1CCCC[C@@H]1c1nc(-c2cccc(-c3n[nH]c(=O)o3)c2)n[nH]1. The number of aromatic nitrogens is 5. The number of nitrogens with one attached hydrogen (secondary N) is 2. The Morgan fingerprint density at radius 2 is 1.91 bits per heavy atom. The second kappa shape index (κ2) is 9.11. The van der Waals surface area contributed by atoms with Crippen LogP contribution in [-0.2, 0) is 4.79 Å². The highest BCUT2D eigenvalue weighted by Gasteiger charge is 2.30. The molecule has 0 spiro atoms. The van der Waals surface area contributed by atoms with Crippen molar-refractivity contribution in [1.29, 1.82) is 0 Å². The highest BCUT2D eigenvalue weighted by Crippen LogP contribution is 2.30. The number of rotatable bonds is 6. The molecule has 10 heteroatoms. The van der Waals surface area contributed by atoms with Gasteiger partial charge in [-0.3, -0.25) is 9.89 Å². The van der Waals surface area contributed by atoms with Crippen molar-refractivity contribution in [2.24, 2.45) is 0 Å². The molecule has 1 fully saturated rings.